The van der Waals surface area contributed by atoms with Crippen LogP contribution in [0, 0.1) is 0 Å². The fourth-order valence-corrected chi connectivity index (χ4v) is 1.38. The third kappa shape index (κ3) is 5.80. The molecule has 1 atom stereocenters. The lowest BCUT2D eigenvalue weighted by molar-refractivity contribution is -0.145. The second-order valence-corrected chi connectivity index (χ2v) is 3.91. The first-order chi connectivity index (χ1) is 9.49. The van der Waals surface area contributed by atoms with Gasteiger partial charge in [-0.3, -0.25) is 9.48 Å². The zero-order valence-corrected chi connectivity index (χ0v) is 10.5. The number of nitrogens with one attached hydrogen (secondary N) is 2. The van der Waals surface area contributed by atoms with E-state index in [1.54, 1.807) is 10.9 Å². The summed E-state index contributed by atoms with van der Waals surface area (Å²) in [4.78, 5) is 32.6. The molecule has 0 spiro atoms. The third-order valence-electron chi connectivity index (χ3n) is 2.30. The van der Waals surface area contributed by atoms with Crippen LogP contribution in [-0.2, 0) is 16.1 Å². The van der Waals surface area contributed by atoms with Crippen molar-refractivity contribution in [3.8, 4) is 0 Å². The van der Waals surface area contributed by atoms with Gasteiger partial charge in [-0.15, -0.1) is 5.10 Å². The Balaban J connectivity index is 2.24. The Labute approximate surface area is 113 Å². The number of carbonyl (C=O) groups excluding carboxylic acids is 1. The van der Waals surface area contributed by atoms with E-state index in [9.17, 15) is 14.4 Å². The van der Waals surface area contributed by atoms with Crippen LogP contribution in [0.3, 0.4) is 0 Å². The van der Waals surface area contributed by atoms with Crippen molar-refractivity contribution in [3.05, 3.63) is 12.4 Å². The van der Waals surface area contributed by atoms with Gasteiger partial charge < -0.3 is 20.8 Å². The highest BCUT2D eigenvalue weighted by Crippen LogP contribution is 1.93. The molecule has 20 heavy (non-hydrogen) atoms. The highest BCUT2D eigenvalue weighted by molar-refractivity contribution is 5.86. The molecular weight excluding hydrogens is 270 g/mol. The lowest BCUT2D eigenvalue weighted by Gasteiger charge is -2.13. The summed E-state index contributed by atoms with van der Waals surface area (Å²) in [6.07, 6.45) is 3.10. The molecule has 10 nitrogen and oxygen atoms in total. The number of hydrogen-bond donors (Lipinski definition) is 4. The molecule has 110 valence electrons. The average molecular weight is 285 g/mol. The fourth-order valence-electron chi connectivity index (χ4n) is 1.38. The number of carbonyl (C=O) groups is 3. The van der Waals surface area contributed by atoms with Gasteiger partial charge in [0.05, 0.1) is 12.6 Å². The summed E-state index contributed by atoms with van der Waals surface area (Å²) in [5, 5.41) is 29.1. The number of rotatable bonds is 8. The summed E-state index contributed by atoms with van der Waals surface area (Å²) in [6.45, 7) is 0.850. The number of aromatic nitrogens is 3. The molecule has 1 aromatic heterocycles. The molecule has 0 aliphatic carbocycles. The Bertz CT molecular complexity index is 461. The molecule has 0 unspecified atom stereocenters. The minimum absolute atomic E-state index is 0.297. The molecule has 0 saturated carbocycles. The first kappa shape index (κ1) is 15.4. The van der Waals surface area contributed by atoms with E-state index in [0.717, 1.165) is 0 Å². The van der Waals surface area contributed by atoms with Crippen LogP contribution < -0.4 is 10.6 Å². The Kier molecular flexibility index (Phi) is 5.94. The van der Waals surface area contributed by atoms with Gasteiger partial charge in [0.15, 0.2) is 0 Å². The largest absolute Gasteiger partial charge is 0.481 e. The summed E-state index contributed by atoms with van der Waals surface area (Å²) in [6, 6.07) is -2.18. The molecule has 1 rings (SSSR count). The van der Waals surface area contributed by atoms with Crippen LogP contribution in [0.5, 0.6) is 0 Å². The van der Waals surface area contributed by atoms with E-state index in [0.29, 0.717) is 19.5 Å². The number of carboxylic acid groups (broad SMARTS) is 2. The Morgan fingerprint density at radius 1 is 1.30 bits per heavy atom. The normalized spacial score (nSPS) is 11.6. The number of amides is 2. The molecular formula is C10H15N5O5. The maximum absolute atomic E-state index is 11.4. The summed E-state index contributed by atoms with van der Waals surface area (Å²) in [7, 11) is 0. The molecule has 0 aliphatic heterocycles. The van der Waals surface area contributed by atoms with Gasteiger partial charge in [-0.25, -0.2) is 9.59 Å². The zero-order chi connectivity index (χ0) is 15.0. The van der Waals surface area contributed by atoms with E-state index in [1.165, 1.54) is 6.20 Å². The van der Waals surface area contributed by atoms with Gasteiger partial charge in [0, 0.05) is 19.3 Å². The lowest BCUT2D eigenvalue weighted by Crippen LogP contribution is -2.47. The fraction of sp³-hybridized carbons (Fsp3) is 0.500. The summed E-state index contributed by atoms with van der Waals surface area (Å²) in [5.74, 6) is -2.70. The molecule has 4 N–H and O–H groups in total. The number of carboxylic acids is 2. The van der Waals surface area contributed by atoms with Crippen LogP contribution in [0.2, 0.25) is 0 Å². The quantitative estimate of drug-likeness (QED) is 0.443. The number of nitrogens with zero attached hydrogens (tertiary/aromatic N) is 3. The molecule has 1 heterocycles. The molecule has 10 heteroatoms. The van der Waals surface area contributed by atoms with Crippen LogP contribution in [0.15, 0.2) is 12.4 Å². The predicted octanol–water partition coefficient (Wildman–Crippen LogP) is -1.10. The molecule has 0 saturated heterocycles. The lowest BCUT2D eigenvalue weighted by atomic mass is 10.2. The molecule has 0 aliphatic rings. The molecule has 0 aromatic carbocycles. The minimum atomic E-state index is -1.46. The number of urea groups is 1. The number of aliphatic carboxylic acids is 2. The summed E-state index contributed by atoms with van der Waals surface area (Å²) >= 11 is 0. The van der Waals surface area contributed by atoms with Gasteiger partial charge >= 0.3 is 18.0 Å². The topological polar surface area (TPSA) is 146 Å². The van der Waals surface area contributed by atoms with E-state index in [4.69, 9.17) is 10.2 Å². The number of aryl methyl sites for hydroxylation is 1. The van der Waals surface area contributed by atoms with Gasteiger partial charge in [-0.05, 0) is 6.42 Å². The third-order valence-corrected chi connectivity index (χ3v) is 2.30. The smallest absolute Gasteiger partial charge is 0.326 e. The van der Waals surface area contributed by atoms with Crippen molar-refractivity contribution in [3.63, 3.8) is 0 Å². The van der Waals surface area contributed by atoms with Crippen LogP contribution in [0.1, 0.15) is 12.8 Å². The minimum Gasteiger partial charge on any atom is -0.481 e. The van der Waals surface area contributed by atoms with E-state index < -0.39 is 30.4 Å². The van der Waals surface area contributed by atoms with Gasteiger partial charge in [0.2, 0.25) is 0 Å². The number of hydrogen-bond acceptors (Lipinski definition) is 5. The van der Waals surface area contributed by atoms with Gasteiger partial charge in [0.25, 0.3) is 0 Å². The molecule has 2 amide bonds. The van der Waals surface area contributed by atoms with Crippen LogP contribution in [0.4, 0.5) is 4.79 Å². The van der Waals surface area contributed by atoms with E-state index in [1.807, 2.05) is 0 Å². The van der Waals surface area contributed by atoms with Gasteiger partial charge in [-0.2, -0.15) is 0 Å². The maximum atomic E-state index is 11.4. The summed E-state index contributed by atoms with van der Waals surface area (Å²) in [5.41, 5.74) is 0. The second kappa shape index (κ2) is 7.71. The average Bonchev–Trinajstić information content (AvgIpc) is 2.86. The highest BCUT2D eigenvalue weighted by Gasteiger charge is 2.22. The maximum Gasteiger partial charge on any atom is 0.326 e. The van der Waals surface area contributed by atoms with Crippen molar-refractivity contribution >= 4 is 18.0 Å². The predicted molar refractivity (Wildman–Crippen MR) is 64.9 cm³/mol. The summed E-state index contributed by atoms with van der Waals surface area (Å²) < 4.78 is 1.59. The van der Waals surface area contributed by atoms with Crippen LogP contribution >= 0.6 is 0 Å². The van der Waals surface area contributed by atoms with Crippen molar-refractivity contribution in [2.75, 3.05) is 6.54 Å². The van der Waals surface area contributed by atoms with Gasteiger partial charge in [-0.1, -0.05) is 5.21 Å². The van der Waals surface area contributed by atoms with E-state index >= 15 is 0 Å². The molecule has 0 bridgehead atoms. The second-order valence-electron chi connectivity index (χ2n) is 3.91. The van der Waals surface area contributed by atoms with E-state index in [-0.39, 0.29) is 0 Å². The van der Waals surface area contributed by atoms with Crippen molar-refractivity contribution in [1.29, 1.82) is 0 Å². The highest BCUT2D eigenvalue weighted by atomic mass is 16.4. The van der Waals surface area contributed by atoms with Gasteiger partial charge in [0.1, 0.15) is 6.04 Å². The monoisotopic (exact) mass is 285 g/mol. The van der Waals surface area contributed by atoms with Crippen LogP contribution in [-0.4, -0.2) is 55.8 Å². The van der Waals surface area contributed by atoms with Crippen LogP contribution in [0.25, 0.3) is 0 Å². The van der Waals surface area contributed by atoms with Crippen molar-refractivity contribution in [2.45, 2.75) is 25.4 Å². The van der Waals surface area contributed by atoms with Crippen molar-refractivity contribution in [1.82, 2.24) is 25.6 Å². The molecule has 0 radical (unpaired) electrons. The Hall–Kier alpha value is -2.65. The first-order valence-electron chi connectivity index (χ1n) is 5.82. The van der Waals surface area contributed by atoms with Crippen molar-refractivity contribution < 1.29 is 24.6 Å². The molecule has 0 fully saturated rings. The first-order valence-corrected chi connectivity index (χ1v) is 5.82. The zero-order valence-electron chi connectivity index (χ0n) is 10.5. The molecule has 1 aromatic rings. The Morgan fingerprint density at radius 2 is 2.05 bits per heavy atom. The van der Waals surface area contributed by atoms with Crippen molar-refractivity contribution in [2.24, 2.45) is 0 Å². The standard InChI is InChI=1S/C10H15N5O5/c16-8(17)6-7(9(18)19)13-10(20)11-2-1-4-15-5-3-12-14-15/h3,5,7H,1-2,4,6H2,(H,16,17)(H,18,19)(H2,11,13,20)/t7-/m1/s1. The Morgan fingerprint density at radius 3 is 2.60 bits per heavy atom. The SMILES string of the molecule is O=C(O)C[C@@H](NC(=O)NCCCn1ccnn1)C(=O)O. The van der Waals surface area contributed by atoms with E-state index in [2.05, 4.69) is 20.9 Å².